The van der Waals surface area contributed by atoms with Gasteiger partial charge in [0.25, 0.3) is 5.69 Å². The monoisotopic (exact) mass is 297 g/mol. The lowest BCUT2D eigenvalue weighted by molar-refractivity contribution is -0.385. The van der Waals surface area contributed by atoms with Gasteiger partial charge in [-0.05, 0) is 6.07 Å². The lowest BCUT2D eigenvalue weighted by Crippen LogP contribution is -2.28. The summed E-state index contributed by atoms with van der Waals surface area (Å²) in [5.74, 6) is -0.818. The van der Waals surface area contributed by atoms with Crippen LogP contribution in [0.1, 0.15) is 5.56 Å². The minimum absolute atomic E-state index is 0.458. The highest BCUT2D eigenvalue weighted by atomic mass is 32.2. The van der Waals surface area contributed by atoms with Crippen LogP contribution in [0.25, 0.3) is 6.08 Å². The van der Waals surface area contributed by atoms with Crippen molar-refractivity contribution in [2.45, 2.75) is 5.51 Å². The second kappa shape index (κ2) is 4.88. The number of hydrogen-bond donors (Lipinski definition) is 0. The van der Waals surface area contributed by atoms with Gasteiger partial charge in [-0.3, -0.25) is 10.1 Å². The standard InChI is InChI=1S/C9H6F3NO5S/c1-2-6-7(13(14)15)4-3-5-8(6)18-19(16,17)9(10,11)12/h2-5H,1H2. The summed E-state index contributed by atoms with van der Waals surface area (Å²) in [7, 11) is -5.90. The Morgan fingerprint density at radius 1 is 1.37 bits per heavy atom. The Bertz CT molecular complexity index is 623. The van der Waals surface area contributed by atoms with Gasteiger partial charge in [-0.2, -0.15) is 21.6 Å². The molecule has 0 amide bonds. The van der Waals surface area contributed by atoms with Crippen molar-refractivity contribution in [3.63, 3.8) is 0 Å². The Kier molecular flexibility index (Phi) is 3.84. The number of rotatable bonds is 4. The summed E-state index contributed by atoms with van der Waals surface area (Å²) in [5.41, 5.74) is -6.71. The average Bonchev–Trinajstić information content (AvgIpc) is 2.26. The van der Waals surface area contributed by atoms with Crippen LogP contribution in [0, 0.1) is 10.1 Å². The number of nitro groups is 1. The zero-order valence-electron chi connectivity index (χ0n) is 9.05. The van der Waals surface area contributed by atoms with Gasteiger partial charge < -0.3 is 4.18 Å². The molecule has 0 aliphatic heterocycles. The quantitative estimate of drug-likeness (QED) is 0.369. The van der Waals surface area contributed by atoms with Crippen LogP contribution in [-0.4, -0.2) is 18.8 Å². The highest BCUT2D eigenvalue weighted by Crippen LogP contribution is 2.33. The van der Waals surface area contributed by atoms with Gasteiger partial charge in [0.15, 0.2) is 5.75 Å². The minimum atomic E-state index is -5.90. The molecule has 0 bridgehead atoms. The summed E-state index contributed by atoms with van der Waals surface area (Å²) in [6, 6.07) is 2.82. The van der Waals surface area contributed by atoms with E-state index in [9.17, 15) is 31.7 Å². The van der Waals surface area contributed by atoms with E-state index in [1.54, 1.807) is 0 Å². The molecule has 0 N–H and O–H groups in total. The molecule has 0 heterocycles. The smallest absolute Gasteiger partial charge is 0.375 e. The van der Waals surface area contributed by atoms with Crippen molar-refractivity contribution in [3.8, 4) is 5.75 Å². The molecular formula is C9H6F3NO5S. The Hall–Kier alpha value is -2.10. The van der Waals surface area contributed by atoms with Crippen molar-refractivity contribution in [2.75, 3.05) is 0 Å². The maximum Gasteiger partial charge on any atom is 0.534 e. The Balaban J connectivity index is 3.35. The van der Waals surface area contributed by atoms with Gasteiger partial charge in [-0.15, -0.1) is 0 Å². The highest BCUT2D eigenvalue weighted by molar-refractivity contribution is 7.88. The topological polar surface area (TPSA) is 86.5 Å². The number of alkyl halides is 3. The third-order valence-corrected chi connectivity index (χ3v) is 2.89. The van der Waals surface area contributed by atoms with Gasteiger partial charge in [-0.1, -0.05) is 18.7 Å². The van der Waals surface area contributed by atoms with Crippen LogP contribution in [-0.2, 0) is 10.1 Å². The van der Waals surface area contributed by atoms with E-state index in [-0.39, 0.29) is 0 Å². The van der Waals surface area contributed by atoms with Crippen LogP contribution in [0.2, 0.25) is 0 Å². The predicted octanol–water partition coefficient (Wildman–Crippen LogP) is 2.47. The van der Waals surface area contributed by atoms with Gasteiger partial charge in [0.2, 0.25) is 0 Å². The van der Waals surface area contributed by atoms with Crippen molar-refractivity contribution in [2.24, 2.45) is 0 Å². The first-order valence-corrected chi connectivity index (χ1v) is 5.91. The van der Waals surface area contributed by atoms with Gasteiger partial charge in [-0.25, -0.2) is 0 Å². The van der Waals surface area contributed by atoms with Gasteiger partial charge in [0.05, 0.1) is 10.5 Å². The van der Waals surface area contributed by atoms with E-state index in [2.05, 4.69) is 10.8 Å². The third-order valence-electron chi connectivity index (χ3n) is 1.93. The maximum absolute atomic E-state index is 12.1. The van der Waals surface area contributed by atoms with E-state index in [1.165, 1.54) is 0 Å². The predicted molar refractivity (Wildman–Crippen MR) is 58.8 cm³/mol. The van der Waals surface area contributed by atoms with Gasteiger partial charge in [0.1, 0.15) is 0 Å². The van der Waals surface area contributed by atoms with Crippen molar-refractivity contribution in [1.82, 2.24) is 0 Å². The van der Waals surface area contributed by atoms with Crippen LogP contribution < -0.4 is 4.18 Å². The molecule has 0 atom stereocenters. The first-order chi connectivity index (χ1) is 8.60. The molecule has 0 aliphatic carbocycles. The zero-order valence-corrected chi connectivity index (χ0v) is 9.86. The van der Waals surface area contributed by atoms with Crippen molar-refractivity contribution in [1.29, 1.82) is 0 Å². The van der Waals surface area contributed by atoms with Crippen LogP contribution in [0.3, 0.4) is 0 Å². The lowest BCUT2D eigenvalue weighted by atomic mass is 10.1. The number of halogens is 3. The summed E-state index contributed by atoms with van der Waals surface area (Å²) >= 11 is 0. The van der Waals surface area contributed by atoms with Crippen molar-refractivity contribution < 1.29 is 30.7 Å². The van der Waals surface area contributed by atoms with Crippen LogP contribution in [0.15, 0.2) is 24.8 Å². The molecule has 1 aromatic carbocycles. The molecule has 6 nitrogen and oxygen atoms in total. The third kappa shape index (κ3) is 3.02. The fourth-order valence-corrected chi connectivity index (χ4v) is 1.61. The van der Waals surface area contributed by atoms with E-state index in [4.69, 9.17) is 0 Å². The molecule has 0 fully saturated rings. The number of benzene rings is 1. The molecule has 104 valence electrons. The van der Waals surface area contributed by atoms with Crippen LogP contribution in [0.4, 0.5) is 18.9 Å². The molecule has 10 heteroatoms. The van der Waals surface area contributed by atoms with Gasteiger partial charge in [0, 0.05) is 6.07 Å². The zero-order chi connectivity index (χ0) is 14.8. The Morgan fingerprint density at radius 2 is 1.95 bits per heavy atom. The van der Waals surface area contributed by atoms with E-state index in [0.29, 0.717) is 0 Å². The van der Waals surface area contributed by atoms with E-state index >= 15 is 0 Å². The average molecular weight is 297 g/mol. The first kappa shape index (κ1) is 15.0. The molecule has 0 radical (unpaired) electrons. The van der Waals surface area contributed by atoms with Crippen molar-refractivity contribution >= 4 is 21.9 Å². The Labute approximate surface area is 105 Å². The highest BCUT2D eigenvalue weighted by Gasteiger charge is 2.49. The Morgan fingerprint density at radius 3 is 2.37 bits per heavy atom. The second-order valence-corrected chi connectivity index (χ2v) is 4.67. The molecule has 1 rings (SSSR count). The summed E-state index contributed by atoms with van der Waals surface area (Å²) in [6.45, 7) is 3.17. The fourth-order valence-electron chi connectivity index (χ4n) is 1.13. The van der Waals surface area contributed by atoms with E-state index < -0.39 is 37.6 Å². The largest absolute Gasteiger partial charge is 0.534 e. The van der Waals surface area contributed by atoms with E-state index in [0.717, 1.165) is 24.3 Å². The molecule has 0 spiro atoms. The lowest BCUT2D eigenvalue weighted by Gasteiger charge is -2.11. The van der Waals surface area contributed by atoms with Gasteiger partial charge >= 0.3 is 15.6 Å². The summed E-state index contributed by atoms with van der Waals surface area (Å²) < 4.78 is 61.9. The summed E-state index contributed by atoms with van der Waals surface area (Å²) in [6.07, 6.45) is 0.833. The molecule has 1 aromatic rings. The number of nitro benzene ring substituents is 1. The second-order valence-electron chi connectivity index (χ2n) is 3.13. The molecule has 0 saturated heterocycles. The number of nitrogens with zero attached hydrogens (tertiary/aromatic N) is 1. The maximum atomic E-state index is 12.1. The number of hydrogen-bond acceptors (Lipinski definition) is 5. The van der Waals surface area contributed by atoms with Crippen LogP contribution >= 0.6 is 0 Å². The fraction of sp³-hybridized carbons (Fsp3) is 0.111. The minimum Gasteiger partial charge on any atom is -0.375 e. The van der Waals surface area contributed by atoms with Crippen LogP contribution in [0.5, 0.6) is 5.75 Å². The normalized spacial score (nSPS) is 11.9. The molecule has 0 unspecified atom stereocenters. The molecular weight excluding hydrogens is 291 g/mol. The molecule has 19 heavy (non-hydrogen) atoms. The molecule has 0 aromatic heterocycles. The summed E-state index contributed by atoms with van der Waals surface area (Å²) in [5, 5.41) is 10.6. The van der Waals surface area contributed by atoms with Crippen molar-refractivity contribution in [3.05, 3.63) is 40.5 Å². The van der Waals surface area contributed by atoms with E-state index in [1.807, 2.05) is 0 Å². The first-order valence-electron chi connectivity index (χ1n) is 4.50. The summed E-state index contributed by atoms with van der Waals surface area (Å²) in [4.78, 5) is 9.73. The molecule has 0 saturated carbocycles. The SMILES string of the molecule is C=Cc1c(OS(=O)(=O)C(F)(F)F)cccc1[N+](=O)[O-]. The molecule has 0 aliphatic rings.